The van der Waals surface area contributed by atoms with E-state index in [1.165, 1.54) is 6.08 Å². The summed E-state index contributed by atoms with van der Waals surface area (Å²) in [6.45, 7) is 0.268. The number of carbonyl (C=O) groups is 1. The standard InChI is InChI=1S/C12H11NO3/c13-12(14)4-2-1-3-9-5-6-10-11(7-9)16-8-15-10/h1-7H,8H2,(H2,13,14)/b3-1+,4-2?. The molecule has 0 bridgehead atoms. The lowest BCUT2D eigenvalue weighted by atomic mass is 10.2. The second-order valence-electron chi connectivity index (χ2n) is 3.23. The summed E-state index contributed by atoms with van der Waals surface area (Å²) in [4.78, 5) is 10.4. The van der Waals surface area contributed by atoms with Gasteiger partial charge in [0.05, 0.1) is 0 Å². The molecule has 0 aromatic heterocycles. The normalized spacial score (nSPS) is 13.8. The number of benzene rings is 1. The number of primary amides is 1. The van der Waals surface area contributed by atoms with Crippen molar-refractivity contribution in [1.82, 2.24) is 0 Å². The van der Waals surface area contributed by atoms with Gasteiger partial charge in [0.25, 0.3) is 0 Å². The fourth-order valence-corrected chi connectivity index (χ4v) is 1.33. The van der Waals surface area contributed by atoms with Gasteiger partial charge in [-0.25, -0.2) is 0 Å². The van der Waals surface area contributed by atoms with Crippen LogP contribution in [0.3, 0.4) is 0 Å². The average molecular weight is 217 g/mol. The summed E-state index contributed by atoms with van der Waals surface area (Å²) >= 11 is 0. The smallest absolute Gasteiger partial charge is 0.241 e. The number of hydrogen-bond donors (Lipinski definition) is 1. The van der Waals surface area contributed by atoms with Gasteiger partial charge in [-0.15, -0.1) is 0 Å². The van der Waals surface area contributed by atoms with Crippen LogP contribution in [0.25, 0.3) is 6.08 Å². The molecule has 1 aliphatic rings. The van der Waals surface area contributed by atoms with Crippen molar-refractivity contribution in [1.29, 1.82) is 0 Å². The number of nitrogens with two attached hydrogens (primary N) is 1. The Morgan fingerprint density at radius 3 is 2.88 bits per heavy atom. The molecule has 82 valence electrons. The van der Waals surface area contributed by atoms with Crippen LogP contribution in [-0.2, 0) is 4.79 Å². The Morgan fingerprint density at radius 1 is 1.25 bits per heavy atom. The number of ether oxygens (including phenoxy) is 2. The minimum atomic E-state index is -0.463. The molecule has 4 nitrogen and oxygen atoms in total. The molecule has 1 aromatic rings. The van der Waals surface area contributed by atoms with Gasteiger partial charge in [0, 0.05) is 6.08 Å². The van der Waals surface area contributed by atoms with Crippen molar-refractivity contribution in [3.05, 3.63) is 42.0 Å². The summed E-state index contributed by atoms with van der Waals surface area (Å²) in [7, 11) is 0. The van der Waals surface area contributed by atoms with Crippen molar-refractivity contribution in [2.45, 2.75) is 0 Å². The van der Waals surface area contributed by atoms with Crippen LogP contribution in [-0.4, -0.2) is 12.7 Å². The number of rotatable bonds is 3. The predicted octanol–water partition coefficient (Wildman–Crippen LogP) is 1.47. The maximum absolute atomic E-state index is 10.4. The van der Waals surface area contributed by atoms with Crippen LogP contribution >= 0.6 is 0 Å². The highest BCUT2D eigenvalue weighted by atomic mass is 16.7. The highest BCUT2D eigenvalue weighted by Crippen LogP contribution is 2.32. The molecule has 0 aliphatic carbocycles. The van der Waals surface area contributed by atoms with Gasteiger partial charge in [0.1, 0.15) is 0 Å². The van der Waals surface area contributed by atoms with E-state index in [1.807, 2.05) is 24.3 Å². The first-order chi connectivity index (χ1) is 7.75. The first-order valence-electron chi connectivity index (χ1n) is 4.79. The van der Waals surface area contributed by atoms with E-state index in [0.717, 1.165) is 17.1 Å². The van der Waals surface area contributed by atoms with Gasteiger partial charge in [-0.3, -0.25) is 4.79 Å². The zero-order chi connectivity index (χ0) is 11.4. The fraction of sp³-hybridized carbons (Fsp3) is 0.0833. The summed E-state index contributed by atoms with van der Waals surface area (Å²) in [5.74, 6) is 1.03. The molecule has 2 N–H and O–H groups in total. The summed E-state index contributed by atoms with van der Waals surface area (Å²) in [6, 6.07) is 5.62. The van der Waals surface area contributed by atoms with Crippen LogP contribution in [0.4, 0.5) is 0 Å². The van der Waals surface area contributed by atoms with Gasteiger partial charge < -0.3 is 15.2 Å². The summed E-state index contributed by atoms with van der Waals surface area (Å²) in [5.41, 5.74) is 5.92. The molecule has 0 fully saturated rings. The minimum absolute atomic E-state index is 0.268. The molecular weight excluding hydrogens is 206 g/mol. The molecule has 0 saturated heterocycles. The highest BCUT2D eigenvalue weighted by molar-refractivity contribution is 5.86. The fourth-order valence-electron chi connectivity index (χ4n) is 1.33. The monoisotopic (exact) mass is 217 g/mol. The molecule has 1 amide bonds. The van der Waals surface area contributed by atoms with Gasteiger partial charge in [-0.2, -0.15) is 0 Å². The van der Waals surface area contributed by atoms with Gasteiger partial charge in [0.15, 0.2) is 11.5 Å². The second-order valence-corrected chi connectivity index (χ2v) is 3.23. The molecule has 0 spiro atoms. The highest BCUT2D eigenvalue weighted by Gasteiger charge is 2.11. The van der Waals surface area contributed by atoms with E-state index in [0.29, 0.717) is 0 Å². The SMILES string of the molecule is NC(=O)C=C/C=C/c1ccc2c(c1)OCO2. The minimum Gasteiger partial charge on any atom is -0.454 e. The van der Waals surface area contributed by atoms with Crippen molar-refractivity contribution in [2.24, 2.45) is 5.73 Å². The topological polar surface area (TPSA) is 61.6 Å². The Labute approximate surface area is 93.0 Å². The second kappa shape index (κ2) is 4.53. The number of hydrogen-bond acceptors (Lipinski definition) is 3. The third kappa shape index (κ3) is 2.42. The molecule has 1 aliphatic heterocycles. The lowest BCUT2D eigenvalue weighted by Crippen LogP contribution is -2.04. The van der Waals surface area contributed by atoms with Crippen molar-refractivity contribution < 1.29 is 14.3 Å². The van der Waals surface area contributed by atoms with Crippen LogP contribution in [0.5, 0.6) is 11.5 Å². The molecule has 1 aromatic carbocycles. The molecular formula is C12H11NO3. The number of carbonyl (C=O) groups excluding carboxylic acids is 1. The van der Waals surface area contributed by atoms with Crippen LogP contribution in [0.15, 0.2) is 36.4 Å². The predicted molar refractivity (Wildman–Crippen MR) is 59.9 cm³/mol. The van der Waals surface area contributed by atoms with Crippen molar-refractivity contribution in [2.75, 3.05) is 6.79 Å². The van der Waals surface area contributed by atoms with Crippen LogP contribution in [0, 0.1) is 0 Å². The van der Waals surface area contributed by atoms with E-state index in [1.54, 1.807) is 12.2 Å². The number of amides is 1. The Balaban J connectivity index is 2.08. The third-order valence-corrected chi connectivity index (χ3v) is 2.06. The first kappa shape index (κ1) is 10.3. The zero-order valence-corrected chi connectivity index (χ0v) is 8.55. The average Bonchev–Trinajstić information content (AvgIpc) is 2.71. The largest absolute Gasteiger partial charge is 0.454 e. The van der Waals surface area contributed by atoms with Gasteiger partial charge in [-0.1, -0.05) is 24.3 Å². The summed E-state index contributed by atoms with van der Waals surface area (Å²) < 4.78 is 10.4. The van der Waals surface area contributed by atoms with Gasteiger partial charge in [0.2, 0.25) is 12.7 Å². The summed E-state index contributed by atoms with van der Waals surface area (Å²) in [6.07, 6.45) is 6.47. The van der Waals surface area contributed by atoms with E-state index in [2.05, 4.69) is 0 Å². The van der Waals surface area contributed by atoms with E-state index < -0.39 is 5.91 Å². The Bertz CT molecular complexity index is 463. The Kier molecular flexibility index (Phi) is 2.91. The van der Waals surface area contributed by atoms with Crippen LogP contribution < -0.4 is 15.2 Å². The molecule has 0 unspecified atom stereocenters. The molecule has 16 heavy (non-hydrogen) atoms. The maximum atomic E-state index is 10.4. The molecule has 2 rings (SSSR count). The van der Waals surface area contributed by atoms with E-state index in [9.17, 15) is 4.79 Å². The number of fused-ring (bicyclic) bond motifs is 1. The lowest BCUT2D eigenvalue weighted by Gasteiger charge is -1.96. The maximum Gasteiger partial charge on any atom is 0.241 e. The van der Waals surface area contributed by atoms with Crippen LogP contribution in [0.1, 0.15) is 5.56 Å². The third-order valence-electron chi connectivity index (χ3n) is 2.06. The lowest BCUT2D eigenvalue weighted by molar-refractivity contribution is -0.113. The van der Waals surface area contributed by atoms with Gasteiger partial charge >= 0.3 is 0 Å². The van der Waals surface area contributed by atoms with Crippen molar-refractivity contribution in [3.8, 4) is 11.5 Å². The van der Waals surface area contributed by atoms with Crippen molar-refractivity contribution >= 4 is 12.0 Å². The molecule has 0 radical (unpaired) electrons. The molecule has 4 heteroatoms. The Morgan fingerprint density at radius 2 is 2.06 bits per heavy atom. The quantitative estimate of drug-likeness (QED) is 0.616. The van der Waals surface area contributed by atoms with Gasteiger partial charge in [-0.05, 0) is 17.7 Å². The van der Waals surface area contributed by atoms with Crippen molar-refractivity contribution in [3.63, 3.8) is 0 Å². The molecule has 1 heterocycles. The van der Waals surface area contributed by atoms with E-state index in [-0.39, 0.29) is 6.79 Å². The number of allylic oxidation sites excluding steroid dienone is 2. The summed E-state index contributed by atoms with van der Waals surface area (Å²) in [5, 5.41) is 0. The van der Waals surface area contributed by atoms with E-state index in [4.69, 9.17) is 15.2 Å². The zero-order valence-electron chi connectivity index (χ0n) is 8.55. The Hall–Kier alpha value is -2.23. The first-order valence-corrected chi connectivity index (χ1v) is 4.79. The molecule has 0 atom stereocenters. The van der Waals surface area contributed by atoms with E-state index >= 15 is 0 Å². The molecule has 0 saturated carbocycles. The van der Waals surface area contributed by atoms with Crippen LogP contribution in [0.2, 0.25) is 0 Å².